The van der Waals surface area contributed by atoms with Gasteiger partial charge in [-0.1, -0.05) is 60.3 Å². The summed E-state index contributed by atoms with van der Waals surface area (Å²) in [5.74, 6) is 0. The molecule has 2 aromatic carbocycles. The van der Waals surface area contributed by atoms with E-state index in [1.54, 1.807) is 0 Å². The van der Waals surface area contributed by atoms with Crippen LogP contribution < -0.4 is 0 Å². The molecule has 94 valence electrons. The number of fused-ring (bicyclic) bond motifs is 3. The van der Waals surface area contributed by atoms with Crippen molar-refractivity contribution in [3.05, 3.63) is 71.8 Å². The number of benzene rings is 2. The summed E-state index contributed by atoms with van der Waals surface area (Å²) in [6.45, 7) is 6.19. The Morgan fingerprint density at radius 2 is 1.42 bits per heavy atom. The van der Waals surface area contributed by atoms with Crippen molar-refractivity contribution in [1.82, 2.24) is 0 Å². The van der Waals surface area contributed by atoms with Crippen LogP contribution in [0.5, 0.6) is 0 Å². The van der Waals surface area contributed by atoms with E-state index in [4.69, 9.17) is 4.84 Å². The van der Waals surface area contributed by atoms with E-state index in [-0.39, 0.29) is 0 Å². The van der Waals surface area contributed by atoms with Gasteiger partial charge in [0, 0.05) is 11.1 Å². The number of nitrogens with zero attached hydrogens (tertiary/aromatic N) is 1. The molecule has 0 bridgehead atoms. The van der Waals surface area contributed by atoms with E-state index in [1.165, 1.54) is 11.1 Å². The Labute approximate surface area is 113 Å². The minimum absolute atomic E-state index is 0.452. The Morgan fingerprint density at radius 3 is 1.89 bits per heavy atom. The molecule has 0 fully saturated rings. The standard InChI is InChI=1S/C17H15NO/c1-12(2)11-19-18-17-15-9-5-3-7-13(15)14-8-4-6-10-16(14)17/h3-10H,1,11H2,2H3. The summed E-state index contributed by atoms with van der Waals surface area (Å²) in [5.41, 5.74) is 6.57. The Hall–Kier alpha value is -2.35. The lowest BCUT2D eigenvalue weighted by Crippen LogP contribution is -2.00. The van der Waals surface area contributed by atoms with Gasteiger partial charge in [0.05, 0.1) is 0 Å². The highest BCUT2D eigenvalue weighted by Crippen LogP contribution is 2.36. The summed E-state index contributed by atoms with van der Waals surface area (Å²) in [5, 5.41) is 4.30. The summed E-state index contributed by atoms with van der Waals surface area (Å²) in [6, 6.07) is 16.6. The van der Waals surface area contributed by atoms with Gasteiger partial charge in [0.15, 0.2) is 0 Å². The monoisotopic (exact) mass is 249 g/mol. The highest BCUT2D eigenvalue weighted by Gasteiger charge is 2.24. The average Bonchev–Trinajstić information content (AvgIpc) is 2.74. The molecular weight excluding hydrogens is 234 g/mol. The van der Waals surface area contributed by atoms with Gasteiger partial charge in [0.2, 0.25) is 0 Å². The first-order valence-corrected chi connectivity index (χ1v) is 6.31. The fraction of sp³-hybridized carbons (Fsp3) is 0.118. The smallest absolute Gasteiger partial charge is 0.137 e. The minimum Gasteiger partial charge on any atom is -0.391 e. The van der Waals surface area contributed by atoms with Crippen LogP contribution in [0, 0.1) is 0 Å². The molecule has 0 spiro atoms. The van der Waals surface area contributed by atoms with Crippen molar-refractivity contribution < 1.29 is 4.84 Å². The predicted molar refractivity (Wildman–Crippen MR) is 78.3 cm³/mol. The fourth-order valence-corrected chi connectivity index (χ4v) is 2.30. The Kier molecular flexibility index (Phi) is 2.92. The zero-order valence-electron chi connectivity index (χ0n) is 10.9. The number of hydrogen-bond donors (Lipinski definition) is 0. The van der Waals surface area contributed by atoms with Crippen molar-refractivity contribution in [2.45, 2.75) is 6.92 Å². The minimum atomic E-state index is 0.452. The number of rotatable bonds is 3. The predicted octanol–water partition coefficient (Wildman–Crippen LogP) is 4.01. The van der Waals surface area contributed by atoms with Gasteiger partial charge in [-0.15, -0.1) is 0 Å². The average molecular weight is 249 g/mol. The third kappa shape index (κ3) is 2.06. The quantitative estimate of drug-likeness (QED) is 0.507. The maximum atomic E-state index is 5.38. The van der Waals surface area contributed by atoms with E-state index in [2.05, 4.69) is 36.0 Å². The van der Waals surface area contributed by atoms with Crippen molar-refractivity contribution in [2.75, 3.05) is 6.61 Å². The van der Waals surface area contributed by atoms with Crippen molar-refractivity contribution in [3.8, 4) is 11.1 Å². The van der Waals surface area contributed by atoms with E-state index < -0.39 is 0 Å². The lowest BCUT2D eigenvalue weighted by atomic mass is 10.1. The largest absolute Gasteiger partial charge is 0.391 e. The van der Waals surface area contributed by atoms with Crippen LogP contribution in [0.4, 0.5) is 0 Å². The van der Waals surface area contributed by atoms with Crippen molar-refractivity contribution in [3.63, 3.8) is 0 Å². The molecule has 0 saturated heterocycles. The van der Waals surface area contributed by atoms with Crippen LogP contribution in [0.3, 0.4) is 0 Å². The van der Waals surface area contributed by atoms with Gasteiger partial charge in [0.25, 0.3) is 0 Å². The molecule has 0 aliphatic heterocycles. The molecule has 0 saturated carbocycles. The molecule has 2 heteroatoms. The molecule has 3 rings (SSSR count). The summed E-state index contributed by atoms with van der Waals surface area (Å²) >= 11 is 0. The first-order valence-electron chi connectivity index (χ1n) is 6.31. The SMILES string of the molecule is C=C(C)CON=C1c2ccccc2-c2ccccc21. The van der Waals surface area contributed by atoms with Crippen molar-refractivity contribution in [2.24, 2.45) is 5.16 Å². The van der Waals surface area contributed by atoms with Crippen LogP contribution in [0.15, 0.2) is 65.8 Å². The second-order valence-electron chi connectivity index (χ2n) is 4.76. The summed E-state index contributed by atoms with van der Waals surface area (Å²) in [7, 11) is 0. The van der Waals surface area contributed by atoms with Gasteiger partial charge in [-0.3, -0.25) is 0 Å². The van der Waals surface area contributed by atoms with Crippen LogP contribution in [0.25, 0.3) is 11.1 Å². The molecule has 19 heavy (non-hydrogen) atoms. The molecule has 1 aliphatic rings. The summed E-state index contributed by atoms with van der Waals surface area (Å²) < 4.78 is 0. The molecule has 2 aromatic rings. The van der Waals surface area contributed by atoms with Gasteiger partial charge in [-0.05, 0) is 23.6 Å². The molecule has 0 aromatic heterocycles. The highest BCUT2D eigenvalue weighted by atomic mass is 16.6. The first kappa shape index (κ1) is 11.7. The van der Waals surface area contributed by atoms with E-state index >= 15 is 0 Å². The van der Waals surface area contributed by atoms with Gasteiger partial charge in [-0.2, -0.15) is 0 Å². The Balaban J connectivity index is 2.07. The Morgan fingerprint density at radius 1 is 0.947 bits per heavy atom. The second-order valence-corrected chi connectivity index (χ2v) is 4.76. The second kappa shape index (κ2) is 4.73. The van der Waals surface area contributed by atoms with Gasteiger partial charge < -0.3 is 4.84 Å². The Bertz CT molecular complexity index is 623. The van der Waals surface area contributed by atoms with E-state index in [9.17, 15) is 0 Å². The van der Waals surface area contributed by atoms with E-state index in [0.29, 0.717) is 6.61 Å². The van der Waals surface area contributed by atoms with Crippen molar-refractivity contribution >= 4 is 5.71 Å². The molecule has 0 heterocycles. The molecule has 0 N–H and O–H groups in total. The maximum Gasteiger partial charge on any atom is 0.137 e. The topological polar surface area (TPSA) is 21.6 Å². The van der Waals surface area contributed by atoms with E-state index in [1.807, 2.05) is 31.2 Å². The number of oxime groups is 1. The lowest BCUT2D eigenvalue weighted by molar-refractivity contribution is 0.168. The normalized spacial score (nSPS) is 11.7. The third-order valence-electron chi connectivity index (χ3n) is 3.12. The zero-order chi connectivity index (χ0) is 13.2. The molecule has 0 radical (unpaired) electrons. The van der Waals surface area contributed by atoms with Crippen LogP contribution in [0.2, 0.25) is 0 Å². The summed E-state index contributed by atoms with van der Waals surface area (Å²) in [6.07, 6.45) is 0. The highest BCUT2D eigenvalue weighted by molar-refractivity contribution is 6.24. The van der Waals surface area contributed by atoms with Crippen LogP contribution in [0.1, 0.15) is 18.1 Å². The van der Waals surface area contributed by atoms with Gasteiger partial charge in [0.1, 0.15) is 12.3 Å². The number of hydrogen-bond acceptors (Lipinski definition) is 2. The van der Waals surface area contributed by atoms with E-state index in [0.717, 1.165) is 22.4 Å². The van der Waals surface area contributed by atoms with Crippen LogP contribution in [-0.2, 0) is 4.84 Å². The van der Waals surface area contributed by atoms with Gasteiger partial charge >= 0.3 is 0 Å². The molecule has 2 nitrogen and oxygen atoms in total. The first-order chi connectivity index (χ1) is 9.27. The third-order valence-corrected chi connectivity index (χ3v) is 3.12. The van der Waals surface area contributed by atoms with Crippen LogP contribution >= 0.6 is 0 Å². The molecule has 0 unspecified atom stereocenters. The van der Waals surface area contributed by atoms with Gasteiger partial charge in [-0.25, -0.2) is 0 Å². The van der Waals surface area contributed by atoms with Crippen molar-refractivity contribution in [1.29, 1.82) is 0 Å². The maximum absolute atomic E-state index is 5.38. The summed E-state index contributed by atoms with van der Waals surface area (Å²) in [4.78, 5) is 5.38. The zero-order valence-corrected chi connectivity index (χ0v) is 10.9. The fourth-order valence-electron chi connectivity index (χ4n) is 2.30. The molecular formula is C17H15NO. The lowest BCUT2D eigenvalue weighted by Gasteiger charge is -2.02. The van der Waals surface area contributed by atoms with Crippen LogP contribution in [-0.4, -0.2) is 12.3 Å². The molecule has 1 aliphatic carbocycles. The molecule has 0 atom stereocenters. The molecule has 0 amide bonds.